The number of carbonyl (C=O) groups excluding carboxylic acids is 1. The number of thiazole rings is 1. The predicted molar refractivity (Wildman–Crippen MR) is 114 cm³/mol. The van der Waals surface area contributed by atoms with Crippen molar-refractivity contribution in [2.45, 2.75) is 13.5 Å². The summed E-state index contributed by atoms with van der Waals surface area (Å²) < 4.78 is 7.37. The summed E-state index contributed by atoms with van der Waals surface area (Å²) in [4.78, 5) is 30.8. The molecule has 0 spiro atoms. The molecule has 2 aromatic carbocycles. The van der Waals surface area contributed by atoms with E-state index < -0.39 is 0 Å². The van der Waals surface area contributed by atoms with Gasteiger partial charge in [0.1, 0.15) is 12.4 Å². The van der Waals surface area contributed by atoms with Gasteiger partial charge >= 0.3 is 0 Å². The third kappa shape index (κ3) is 4.31. The SMILES string of the molecule is Cc1cn2c(=O)cc(COc3ccccc3NC(=O)c3ccc(Cl)cc3)nc2s1. The van der Waals surface area contributed by atoms with Crippen molar-refractivity contribution in [3.8, 4) is 5.75 Å². The maximum Gasteiger partial charge on any atom is 0.258 e. The topological polar surface area (TPSA) is 72.7 Å². The van der Waals surface area contributed by atoms with Crippen LogP contribution in [0.25, 0.3) is 4.96 Å². The Bertz CT molecular complexity index is 1250. The first kappa shape index (κ1) is 19.2. The zero-order valence-corrected chi connectivity index (χ0v) is 17.0. The Kier molecular flexibility index (Phi) is 5.33. The summed E-state index contributed by atoms with van der Waals surface area (Å²) in [7, 11) is 0. The number of halogens is 1. The third-order valence-corrected chi connectivity index (χ3v) is 5.30. The highest BCUT2D eigenvalue weighted by molar-refractivity contribution is 7.16. The smallest absolute Gasteiger partial charge is 0.258 e. The monoisotopic (exact) mass is 425 g/mol. The number of aryl methyl sites for hydroxylation is 1. The quantitative estimate of drug-likeness (QED) is 0.509. The van der Waals surface area contributed by atoms with Gasteiger partial charge in [-0.1, -0.05) is 23.7 Å². The van der Waals surface area contributed by atoms with Crippen LogP contribution in [0.5, 0.6) is 5.75 Å². The van der Waals surface area contributed by atoms with Crippen molar-refractivity contribution < 1.29 is 9.53 Å². The number of para-hydroxylation sites is 2. The Labute approximate surface area is 175 Å². The number of nitrogens with zero attached hydrogens (tertiary/aromatic N) is 2. The number of carbonyl (C=O) groups is 1. The van der Waals surface area contributed by atoms with E-state index in [1.54, 1.807) is 54.7 Å². The molecule has 6 nitrogen and oxygen atoms in total. The molecule has 0 aliphatic carbocycles. The highest BCUT2D eigenvalue weighted by atomic mass is 35.5. The van der Waals surface area contributed by atoms with Crippen molar-refractivity contribution >= 4 is 39.5 Å². The summed E-state index contributed by atoms with van der Waals surface area (Å²) >= 11 is 7.31. The molecule has 0 aliphatic rings. The summed E-state index contributed by atoms with van der Waals surface area (Å²) in [5, 5.41) is 3.40. The molecule has 0 bridgehead atoms. The van der Waals surface area contributed by atoms with Crippen molar-refractivity contribution in [2.75, 3.05) is 5.32 Å². The molecule has 1 amide bonds. The van der Waals surface area contributed by atoms with Crippen LogP contribution < -0.4 is 15.6 Å². The Morgan fingerprint density at radius 2 is 1.97 bits per heavy atom. The minimum atomic E-state index is -0.274. The van der Waals surface area contributed by atoms with Gasteiger partial charge in [0.05, 0.1) is 11.4 Å². The Morgan fingerprint density at radius 3 is 2.76 bits per heavy atom. The lowest BCUT2D eigenvalue weighted by Crippen LogP contribution is -2.15. The van der Waals surface area contributed by atoms with Crippen LogP contribution in [-0.2, 0) is 6.61 Å². The Morgan fingerprint density at radius 1 is 1.21 bits per heavy atom. The lowest BCUT2D eigenvalue weighted by Gasteiger charge is -2.12. The molecule has 0 radical (unpaired) electrons. The first-order chi connectivity index (χ1) is 14.0. The van der Waals surface area contributed by atoms with Crippen LogP contribution in [0.1, 0.15) is 20.9 Å². The number of nitrogens with one attached hydrogen (secondary N) is 1. The van der Waals surface area contributed by atoms with Crippen LogP contribution in [-0.4, -0.2) is 15.3 Å². The zero-order valence-electron chi connectivity index (χ0n) is 15.4. The molecule has 0 unspecified atom stereocenters. The summed E-state index contributed by atoms with van der Waals surface area (Å²) in [6.45, 7) is 2.03. The predicted octanol–water partition coefficient (Wildman–Crippen LogP) is 4.55. The van der Waals surface area contributed by atoms with E-state index in [4.69, 9.17) is 16.3 Å². The number of aromatic nitrogens is 2. The van der Waals surface area contributed by atoms with E-state index in [0.29, 0.717) is 32.7 Å². The van der Waals surface area contributed by atoms with Crippen LogP contribution in [0, 0.1) is 6.92 Å². The van der Waals surface area contributed by atoms with Gasteiger partial charge in [-0.2, -0.15) is 0 Å². The van der Waals surface area contributed by atoms with E-state index in [2.05, 4.69) is 10.3 Å². The van der Waals surface area contributed by atoms with Gasteiger partial charge in [0, 0.05) is 27.7 Å². The van der Waals surface area contributed by atoms with Crippen LogP contribution in [0.15, 0.2) is 65.6 Å². The van der Waals surface area contributed by atoms with Gasteiger partial charge in [-0.25, -0.2) is 4.98 Å². The van der Waals surface area contributed by atoms with E-state index >= 15 is 0 Å². The van der Waals surface area contributed by atoms with Crippen LogP contribution >= 0.6 is 22.9 Å². The van der Waals surface area contributed by atoms with Gasteiger partial charge < -0.3 is 10.1 Å². The number of fused-ring (bicyclic) bond motifs is 1. The lowest BCUT2D eigenvalue weighted by molar-refractivity contribution is 0.102. The van der Waals surface area contributed by atoms with Gasteiger partial charge in [-0.3, -0.25) is 14.0 Å². The molecule has 0 saturated heterocycles. The molecule has 0 atom stereocenters. The van der Waals surface area contributed by atoms with Crippen molar-refractivity contribution in [3.05, 3.63) is 92.3 Å². The molecule has 1 N–H and O–H groups in total. The molecule has 2 aromatic heterocycles. The maximum atomic E-state index is 12.5. The van der Waals surface area contributed by atoms with E-state index in [1.807, 2.05) is 6.92 Å². The van der Waals surface area contributed by atoms with Gasteiger partial charge in [-0.15, -0.1) is 11.3 Å². The first-order valence-electron chi connectivity index (χ1n) is 8.77. The first-order valence-corrected chi connectivity index (χ1v) is 9.96. The second-order valence-corrected chi connectivity index (χ2v) is 7.98. The summed E-state index contributed by atoms with van der Waals surface area (Å²) in [5.41, 5.74) is 1.38. The number of anilines is 1. The number of amides is 1. The van der Waals surface area contributed by atoms with Gasteiger partial charge in [0.25, 0.3) is 11.5 Å². The summed E-state index contributed by atoms with van der Waals surface area (Å²) in [5.74, 6) is 0.212. The highest BCUT2D eigenvalue weighted by Crippen LogP contribution is 2.25. The Hall–Kier alpha value is -3.16. The summed E-state index contributed by atoms with van der Waals surface area (Å²) in [6, 6.07) is 15.2. The zero-order chi connectivity index (χ0) is 20.4. The molecular formula is C21H16ClN3O3S. The minimum absolute atomic E-state index is 0.108. The van der Waals surface area contributed by atoms with E-state index in [-0.39, 0.29) is 18.1 Å². The van der Waals surface area contributed by atoms with Crippen molar-refractivity contribution in [3.63, 3.8) is 0 Å². The van der Waals surface area contributed by atoms with Crippen LogP contribution in [0.2, 0.25) is 5.02 Å². The summed E-state index contributed by atoms with van der Waals surface area (Å²) in [6.07, 6.45) is 1.77. The number of hydrogen-bond donors (Lipinski definition) is 1. The molecule has 0 fully saturated rings. The molecule has 4 aromatic rings. The molecule has 2 heterocycles. The van der Waals surface area contributed by atoms with Gasteiger partial charge in [0.2, 0.25) is 0 Å². The van der Waals surface area contributed by atoms with Crippen molar-refractivity contribution in [2.24, 2.45) is 0 Å². The van der Waals surface area contributed by atoms with Gasteiger partial charge in [0.15, 0.2) is 4.96 Å². The lowest BCUT2D eigenvalue weighted by atomic mass is 10.2. The average Bonchev–Trinajstić information content (AvgIpc) is 3.08. The minimum Gasteiger partial charge on any atom is -0.485 e. The second-order valence-electron chi connectivity index (χ2n) is 6.33. The Balaban J connectivity index is 1.52. The highest BCUT2D eigenvalue weighted by Gasteiger charge is 2.11. The molecule has 146 valence electrons. The molecule has 4 rings (SSSR count). The number of rotatable bonds is 5. The van der Waals surface area contributed by atoms with Crippen molar-refractivity contribution in [1.82, 2.24) is 9.38 Å². The van der Waals surface area contributed by atoms with Crippen LogP contribution in [0.3, 0.4) is 0 Å². The van der Waals surface area contributed by atoms with Gasteiger partial charge in [-0.05, 0) is 43.3 Å². The second kappa shape index (κ2) is 8.06. The largest absolute Gasteiger partial charge is 0.485 e. The third-order valence-electron chi connectivity index (χ3n) is 4.15. The number of hydrogen-bond acceptors (Lipinski definition) is 5. The normalized spacial score (nSPS) is 10.8. The standard InChI is InChI=1S/C21H16ClN3O3S/c1-13-11-25-19(26)10-16(23-21(25)29-13)12-28-18-5-3-2-4-17(18)24-20(27)14-6-8-15(22)9-7-14/h2-11H,12H2,1H3,(H,24,27). The van der Waals surface area contributed by atoms with E-state index in [0.717, 1.165) is 4.88 Å². The van der Waals surface area contributed by atoms with Crippen molar-refractivity contribution in [1.29, 1.82) is 0 Å². The average molecular weight is 426 g/mol. The number of ether oxygens (including phenoxy) is 1. The molecule has 0 aliphatic heterocycles. The van der Waals surface area contributed by atoms with Crippen LogP contribution in [0.4, 0.5) is 5.69 Å². The number of benzene rings is 2. The fraction of sp³-hybridized carbons (Fsp3) is 0.0952. The van der Waals surface area contributed by atoms with E-state index in [9.17, 15) is 9.59 Å². The van der Waals surface area contributed by atoms with E-state index in [1.165, 1.54) is 21.8 Å². The molecule has 29 heavy (non-hydrogen) atoms. The molecule has 8 heteroatoms. The maximum absolute atomic E-state index is 12.5. The molecular weight excluding hydrogens is 410 g/mol. The fourth-order valence-electron chi connectivity index (χ4n) is 2.78. The molecule has 0 saturated carbocycles. The fourth-order valence-corrected chi connectivity index (χ4v) is 3.75.